The quantitative estimate of drug-likeness (QED) is 0.387. The molecule has 0 aromatic heterocycles. The molecule has 2 rings (SSSR count). The van der Waals surface area contributed by atoms with Crippen LogP contribution < -0.4 is 0 Å². The van der Waals surface area contributed by atoms with E-state index in [4.69, 9.17) is 9.47 Å². The lowest BCUT2D eigenvalue weighted by atomic mass is 9.87. The summed E-state index contributed by atoms with van der Waals surface area (Å²) in [5.74, 6) is -3.90. The summed E-state index contributed by atoms with van der Waals surface area (Å²) in [5.41, 5.74) is -2.62. The highest BCUT2D eigenvalue weighted by molar-refractivity contribution is 5.98. The molecule has 0 bridgehead atoms. The second kappa shape index (κ2) is 9.23. The monoisotopic (exact) mass is 447 g/mol. The average molecular weight is 447 g/mol. The molecule has 0 spiro atoms. The zero-order chi connectivity index (χ0) is 23.6. The SMILES string of the molecule is CC1CN(C(=O)OC(C)(C)C)CCC1C(=O)OCC(=O)c1ccc(F)c(C(F)(F)F)c1. The van der Waals surface area contributed by atoms with Crippen molar-refractivity contribution in [2.45, 2.75) is 45.9 Å². The standard InChI is InChI=1S/C21H25F4NO5/c1-12-10-26(19(29)31-20(2,3)4)8-7-14(12)18(28)30-11-17(27)13-5-6-16(22)15(9-13)21(23,24)25/h5-6,9,12,14H,7-8,10-11H2,1-4H3. The Morgan fingerprint density at radius 3 is 2.35 bits per heavy atom. The Balaban J connectivity index is 1.93. The number of nitrogens with zero attached hydrogens (tertiary/aromatic N) is 1. The number of halogens is 4. The summed E-state index contributed by atoms with van der Waals surface area (Å²) in [6.45, 7) is 6.74. The van der Waals surface area contributed by atoms with Crippen LogP contribution in [0.15, 0.2) is 18.2 Å². The van der Waals surface area contributed by atoms with E-state index in [1.54, 1.807) is 27.7 Å². The van der Waals surface area contributed by atoms with Gasteiger partial charge in [-0.1, -0.05) is 6.92 Å². The molecule has 1 saturated heterocycles. The number of piperidine rings is 1. The molecule has 0 saturated carbocycles. The minimum atomic E-state index is -4.95. The Bertz CT molecular complexity index is 847. The Morgan fingerprint density at radius 1 is 1.16 bits per heavy atom. The minimum absolute atomic E-state index is 0.259. The van der Waals surface area contributed by atoms with Crippen LogP contribution in [0, 0.1) is 17.7 Å². The van der Waals surface area contributed by atoms with Crippen molar-refractivity contribution in [2.75, 3.05) is 19.7 Å². The highest BCUT2D eigenvalue weighted by atomic mass is 19.4. The lowest BCUT2D eigenvalue weighted by molar-refractivity contribution is -0.151. The van der Waals surface area contributed by atoms with E-state index in [9.17, 15) is 31.9 Å². The number of hydrogen-bond acceptors (Lipinski definition) is 5. The lowest BCUT2D eigenvalue weighted by Gasteiger charge is -2.36. The maximum Gasteiger partial charge on any atom is 0.419 e. The first-order chi connectivity index (χ1) is 14.2. The number of likely N-dealkylation sites (tertiary alicyclic amines) is 1. The van der Waals surface area contributed by atoms with Gasteiger partial charge >= 0.3 is 18.2 Å². The number of alkyl halides is 3. The molecule has 0 N–H and O–H groups in total. The molecular weight excluding hydrogens is 422 g/mol. The second-order valence-electron chi connectivity index (χ2n) is 8.52. The number of carbonyl (C=O) groups is 3. The Kier molecular flexibility index (Phi) is 7.33. The van der Waals surface area contributed by atoms with Gasteiger partial charge in [-0.3, -0.25) is 9.59 Å². The zero-order valence-electron chi connectivity index (χ0n) is 17.7. The largest absolute Gasteiger partial charge is 0.457 e. The van der Waals surface area contributed by atoms with Crippen LogP contribution in [0.5, 0.6) is 0 Å². The van der Waals surface area contributed by atoms with E-state index >= 15 is 0 Å². The van der Waals surface area contributed by atoms with Gasteiger partial charge < -0.3 is 14.4 Å². The molecule has 1 aliphatic rings. The molecule has 0 aliphatic carbocycles. The number of esters is 1. The molecule has 1 aromatic carbocycles. The summed E-state index contributed by atoms with van der Waals surface area (Å²) in [5, 5.41) is 0. The van der Waals surface area contributed by atoms with Gasteiger partial charge in [0.2, 0.25) is 0 Å². The first-order valence-electron chi connectivity index (χ1n) is 9.73. The van der Waals surface area contributed by atoms with E-state index in [2.05, 4.69) is 0 Å². The number of carbonyl (C=O) groups excluding carboxylic acids is 3. The van der Waals surface area contributed by atoms with Crippen LogP contribution in [-0.2, 0) is 20.4 Å². The first-order valence-corrected chi connectivity index (χ1v) is 9.73. The summed E-state index contributed by atoms with van der Waals surface area (Å²) in [7, 11) is 0. The van der Waals surface area contributed by atoms with Crippen molar-refractivity contribution in [3.05, 3.63) is 35.1 Å². The smallest absolute Gasteiger partial charge is 0.419 e. The fourth-order valence-corrected chi connectivity index (χ4v) is 3.23. The number of ketones is 1. The normalized spacial score (nSPS) is 19.7. The Hall–Kier alpha value is -2.65. The van der Waals surface area contributed by atoms with Crippen molar-refractivity contribution in [3.63, 3.8) is 0 Å². The number of amides is 1. The number of hydrogen-bond donors (Lipinski definition) is 0. The number of rotatable bonds is 4. The summed E-state index contributed by atoms with van der Waals surface area (Å²) in [4.78, 5) is 38.2. The van der Waals surface area contributed by atoms with E-state index in [0.717, 1.165) is 6.07 Å². The van der Waals surface area contributed by atoms with Crippen LogP contribution in [-0.4, -0.2) is 48.0 Å². The Morgan fingerprint density at radius 2 is 1.81 bits per heavy atom. The topological polar surface area (TPSA) is 72.9 Å². The van der Waals surface area contributed by atoms with Gasteiger partial charge in [-0.25, -0.2) is 9.18 Å². The molecule has 1 amide bonds. The second-order valence-corrected chi connectivity index (χ2v) is 8.52. The number of benzene rings is 1. The molecule has 2 atom stereocenters. The van der Waals surface area contributed by atoms with E-state index in [1.807, 2.05) is 0 Å². The Labute approximate surface area is 177 Å². The van der Waals surface area contributed by atoms with Crippen LogP contribution in [0.2, 0.25) is 0 Å². The molecule has 172 valence electrons. The third-order valence-electron chi connectivity index (χ3n) is 4.80. The highest BCUT2D eigenvalue weighted by Crippen LogP contribution is 2.32. The number of Topliss-reactive ketones (excluding diaryl/α,β-unsaturated/α-hetero) is 1. The molecule has 1 aliphatic heterocycles. The van der Waals surface area contributed by atoms with Gasteiger partial charge in [0.05, 0.1) is 11.5 Å². The fourth-order valence-electron chi connectivity index (χ4n) is 3.23. The van der Waals surface area contributed by atoms with Crippen molar-refractivity contribution in [2.24, 2.45) is 11.8 Å². The molecule has 1 aromatic rings. The van der Waals surface area contributed by atoms with Gasteiger partial charge in [0.25, 0.3) is 0 Å². The van der Waals surface area contributed by atoms with E-state index in [-0.39, 0.29) is 19.0 Å². The molecule has 1 heterocycles. The molecule has 10 heteroatoms. The molecule has 1 fully saturated rings. The highest BCUT2D eigenvalue weighted by Gasteiger charge is 2.37. The molecular formula is C21H25F4NO5. The molecule has 2 unspecified atom stereocenters. The van der Waals surface area contributed by atoms with Gasteiger partial charge in [-0.2, -0.15) is 13.2 Å². The van der Waals surface area contributed by atoms with Crippen LogP contribution in [0.4, 0.5) is 22.4 Å². The van der Waals surface area contributed by atoms with Crippen molar-refractivity contribution in [1.29, 1.82) is 0 Å². The minimum Gasteiger partial charge on any atom is -0.457 e. The average Bonchev–Trinajstić information content (AvgIpc) is 2.63. The predicted molar refractivity (Wildman–Crippen MR) is 102 cm³/mol. The first kappa shape index (κ1) is 24.6. The lowest BCUT2D eigenvalue weighted by Crippen LogP contribution is -2.47. The van der Waals surface area contributed by atoms with Gasteiger partial charge in [0.15, 0.2) is 12.4 Å². The third-order valence-corrected chi connectivity index (χ3v) is 4.80. The fraction of sp³-hybridized carbons (Fsp3) is 0.571. The van der Waals surface area contributed by atoms with Crippen LogP contribution >= 0.6 is 0 Å². The van der Waals surface area contributed by atoms with Gasteiger partial charge in [0.1, 0.15) is 11.4 Å². The van der Waals surface area contributed by atoms with Crippen molar-refractivity contribution in [1.82, 2.24) is 4.90 Å². The van der Waals surface area contributed by atoms with Crippen molar-refractivity contribution >= 4 is 17.8 Å². The van der Waals surface area contributed by atoms with Gasteiger partial charge in [-0.05, 0) is 51.3 Å². The zero-order valence-corrected chi connectivity index (χ0v) is 17.7. The molecule has 6 nitrogen and oxygen atoms in total. The maximum absolute atomic E-state index is 13.4. The van der Waals surface area contributed by atoms with E-state index in [1.165, 1.54) is 4.90 Å². The van der Waals surface area contributed by atoms with Crippen molar-refractivity contribution in [3.8, 4) is 0 Å². The predicted octanol–water partition coefficient (Wildman–Crippen LogP) is 4.46. The third kappa shape index (κ3) is 6.67. The number of ether oxygens (including phenoxy) is 2. The van der Waals surface area contributed by atoms with Gasteiger partial charge in [0, 0.05) is 18.7 Å². The summed E-state index contributed by atoms with van der Waals surface area (Å²) in [6.07, 6.45) is -5.14. The van der Waals surface area contributed by atoms with Crippen LogP contribution in [0.1, 0.15) is 50.0 Å². The van der Waals surface area contributed by atoms with E-state index < -0.39 is 59.1 Å². The van der Waals surface area contributed by atoms with Crippen LogP contribution in [0.3, 0.4) is 0 Å². The summed E-state index contributed by atoms with van der Waals surface area (Å²) >= 11 is 0. The molecule has 31 heavy (non-hydrogen) atoms. The maximum atomic E-state index is 13.4. The summed E-state index contributed by atoms with van der Waals surface area (Å²) < 4.78 is 62.1. The van der Waals surface area contributed by atoms with E-state index in [0.29, 0.717) is 18.6 Å². The summed E-state index contributed by atoms with van der Waals surface area (Å²) in [6, 6.07) is 1.85. The molecule has 0 radical (unpaired) electrons. The van der Waals surface area contributed by atoms with Gasteiger partial charge in [-0.15, -0.1) is 0 Å². The van der Waals surface area contributed by atoms with Crippen molar-refractivity contribution < 1.29 is 41.4 Å². The van der Waals surface area contributed by atoms with Crippen LogP contribution in [0.25, 0.3) is 0 Å².